The Bertz CT molecular complexity index is 514. The van der Waals surface area contributed by atoms with Gasteiger partial charge in [0.2, 0.25) is 0 Å². The molecule has 2 rings (SSSR count). The van der Waals surface area contributed by atoms with Gasteiger partial charge in [-0.1, -0.05) is 23.7 Å². The van der Waals surface area contributed by atoms with Crippen LogP contribution < -0.4 is 11.1 Å². The van der Waals surface area contributed by atoms with E-state index >= 15 is 0 Å². The van der Waals surface area contributed by atoms with Crippen molar-refractivity contribution < 1.29 is 4.39 Å². The van der Waals surface area contributed by atoms with Gasteiger partial charge in [0.1, 0.15) is 11.6 Å². The van der Waals surface area contributed by atoms with Gasteiger partial charge < -0.3 is 11.1 Å². The van der Waals surface area contributed by atoms with Crippen LogP contribution in [-0.2, 0) is 6.54 Å². The smallest absolute Gasteiger partial charge is 0.149 e. The second-order valence-corrected chi connectivity index (χ2v) is 4.01. The van der Waals surface area contributed by atoms with Crippen molar-refractivity contribution in [3.63, 3.8) is 0 Å². The molecule has 0 amide bonds. The van der Waals surface area contributed by atoms with E-state index in [0.717, 1.165) is 5.56 Å². The molecule has 1 heterocycles. The highest BCUT2D eigenvalue weighted by atomic mass is 35.5. The molecule has 0 aliphatic heterocycles. The van der Waals surface area contributed by atoms with Crippen LogP contribution in [0.5, 0.6) is 0 Å². The van der Waals surface area contributed by atoms with Crippen LogP contribution in [0.25, 0.3) is 0 Å². The standard InChI is InChI=1S/C12H11ClFN3/c13-9-5-11(15)12(17-7-9)16-6-8-1-3-10(14)4-2-8/h1-5,7H,6,15H2,(H,16,17). The third-order valence-electron chi connectivity index (χ3n) is 2.26. The Hall–Kier alpha value is -1.81. The molecule has 0 fully saturated rings. The Balaban J connectivity index is 2.04. The van der Waals surface area contributed by atoms with Gasteiger partial charge in [-0.2, -0.15) is 0 Å². The van der Waals surface area contributed by atoms with E-state index in [4.69, 9.17) is 17.3 Å². The number of hydrogen-bond acceptors (Lipinski definition) is 3. The molecule has 0 aliphatic carbocycles. The van der Waals surface area contributed by atoms with Crippen LogP contribution in [0.2, 0.25) is 5.02 Å². The minimum Gasteiger partial charge on any atom is -0.396 e. The molecule has 5 heteroatoms. The Morgan fingerprint density at radius 3 is 2.65 bits per heavy atom. The fourth-order valence-electron chi connectivity index (χ4n) is 1.39. The maximum Gasteiger partial charge on any atom is 0.149 e. The van der Waals surface area contributed by atoms with Gasteiger partial charge >= 0.3 is 0 Å². The molecule has 88 valence electrons. The Kier molecular flexibility index (Phi) is 3.44. The molecule has 0 saturated heterocycles. The predicted molar refractivity (Wildman–Crippen MR) is 67.4 cm³/mol. The highest BCUT2D eigenvalue weighted by Gasteiger charge is 2.01. The summed E-state index contributed by atoms with van der Waals surface area (Å²) in [7, 11) is 0. The Morgan fingerprint density at radius 2 is 2.00 bits per heavy atom. The average molecular weight is 252 g/mol. The molecule has 0 aliphatic rings. The maximum absolute atomic E-state index is 12.7. The van der Waals surface area contributed by atoms with Crippen molar-refractivity contribution in [1.29, 1.82) is 0 Å². The van der Waals surface area contributed by atoms with Crippen LogP contribution in [-0.4, -0.2) is 4.98 Å². The molecule has 17 heavy (non-hydrogen) atoms. The van der Waals surface area contributed by atoms with Crippen molar-refractivity contribution in [3.05, 3.63) is 52.9 Å². The molecule has 0 radical (unpaired) electrons. The number of nitrogens with zero attached hydrogens (tertiary/aromatic N) is 1. The summed E-state index contributed by atoms with van der Waals surface area (Å²) in [4.78, 5) is 4.07. The molecule has 3 nitrogen and oxygen atoms in total. The first kappa shape index (κ1) is 11.7. The third kappa shape index (κ3) is 3.07. The van der Waals surface area contributed by atoms with Crippen molar-refractivity contribution in [2.45, 2.75) is 6.54 Å². The third-order valence-corrected chi connectivity index (χ3v) is 2.46. The molecule has 0 atom stereocenters. The minimum atomic E-state index is -0.252. The summed E-state index contributed by atoms with van der Waals surface area (Å²) >= 11 is 5.74. The second kappa shape index (κ2) is 5.01. The van der Waals surface area contributed by atoms with E-state index < -0.39 is 0 Å². The lowest BCUT2D eigenvalue weighted by Gasteiger charge is -2.08. The maximum atomic E-state index is 12.7. The van der Waals surface area contributed by atoms with Gasteiger partial charge in [0, 0.05) is 12.7 Å². The van der Waals surface area contributed by atoms with E-state index in [0.29, 0.717) is 23.1 Å². The van der Waals surface area contributed by atoms with E-state index in [1.807, 2.05) is 0 Å². The normalized spacial score (nSPS) is 10.2. The molecule has 0 bridgehead atoms. The largest absolute Gasteiger partial charge is 0.396 e. The predicted octanol–water partition coefficient (Wildman–Crippen LogP) is 3.07. The summed E-state index contributed by atoms with van der Waals surface area (Å²) in [5.41, 5.74) is 7.17. The van der Waals surface area contributed by atoms with Gasteiger partial charge in [-0.25, -0.2) is 9.37 Å². The van der Waals surface area contributed by atoms with Crippen LogP contribution >= 0.6 is 11.6 Å². The number of rotatable bonds is 3. The molecular weight excluding hydrogens is 241 g/mol. The van der Waals surface area contributed by atoms with Crippen molar-refractivity contribution >= 4 is 23.1 Å². The first-order chi connectivity index (χ1) is 8.15. The summed E-state index contributed by atoms with van der Waals surface area (Å²) < 4.78 is 12.7. The van der Waals surface area contributed by atoms with E-state index in [1.54, 1.807) is 18.2 Å². The lowest BCUT2D eigenvalue weighted by molar-refractivity contribution is 0.627. The zero-order valence-corrected chi connectivity index (χ0v) is 9.71. The number of anilines is 2. The first-order valence-electron chi connectivity index (χ1n) is 5.04. The number of aromatic nitrogens is 1. The molecule has 0 saturated carbocycles. The van der Waals surface area contributed by atoms with Gasteiger partial charge in [-0.3, -0.25) is 0 Å². The van der Waals surface area contributed by atoms with Gasteiger partial charge in [0.25, 0.3) is 0 Å². The van der Waals surface area contributed by atoms with Gasteiger partial charge in [0.15, 0.2) is 0 Å². The number of halogens is 2. The highest BCUT2D eigenvalue weighted by molar-refractivity contribution is 6.30. The minimum absolute atomic E-state index is 0.252. The van der Waals surface area contributed by atoms with Crippen molar-refractivity contribution in [3.8, 4) is 0 Å². The highest BCUT2D eigenvalue weighted by Crippen LogP contribution is 2.19. The van der Waals surface area contributed by atoms with Crippen LogP contribution in [0.15, 0.2) is 36.5 Å². The molecular formula is C12H11ClFN3. The number of nitrogens with one attached hydrogen (secondary N) is 1. The van der Waals surface area contributed by atoms with Gasteiger partial charge in [0.05, 0.1) is 10.7 Å². The average Bonchev–Trinajstić information content (AvgIpc) is 2.30. The molecule has 1 aromatic carbocycles. The SMILES string of the molecule is Nc1cc(Cl)cnc1NCc1ccc(F)cc1. The summed E-state index contributed by atoms with van der Waals surface area (Å²) in [6.45, 7) is 0.527. The fourth-order valence-corrected chi connectivity index (χ4v) is 1.56. The summed E-state index contributed by atoms with van der Waals surface area (Å²) in [6.07, 6.45) is 1.52. The second-order valence-electron chi connectivity index (χ2n) is 3.57. The number of pyridine rings is 1. The van der Waals surface area contributed by atoms with Gasteiger partial charge in [-0.05, 0) is 23.8 Å². The summed E-state index contributed by atoms with van der Waals surface area (Å²) in [5, 5.41) is 3.55. The number of benzene rings is 1. The van der Waals surface area contributed by atoms with Crippen LogP contribution in [0, 0.1) is 5.82 Å². The van der Waals surface area contributed by atoms with Gasteiger partial charge in [-0.15, -0.1) is 0 Å². The topological polar surface area (TPSA) is 50.9 Å². The quantitative estimate of drug-likeness (QED) is 0.882. The zero-order chi connectivity index (χ0) is 12.3. The molecule has 2 aromatic rings. The van der Waals surface area contributed by atoms with Crippen molar-refractivity contribution in [2.24, 2.45) is 0 Å². The fraction of sp³-hybridized carbons (Fsp3) is 0.0833. The van der Waals surface area contributed by atoms with Crippen molar-refractivity contribution in [1.82, 2.24) is 4.98 Å². The number of hydrogen-bond donors (Lipinski definition) is 2. The van der Waals surface area contributed by atoms with Crippen LogP contribution in [0.3, 0.4) is 0 Å². The number of nitrogens with two attached hydrogens (primary N) is 1. The lowest BCUT2D eigenvalue weighted by atomic mass is 10.2. The van der Waals surface area contributed by atoms with E-state index in [9.17, 15) is 4.39 Å². The van der Waals surface area contributed by atoms with E-state index in [1.165, 1.54) is 18.3 Å². The molecule has 1 aromatic heterocycles. The number of nitrogen functional groups attached to an aromatic ring is 1. The molecule has 0 unspecified atom stereocenters. The Morgan fingerprint density at radius 1 is 1.29 bits per heavy atom. The first-order valence-corrected chi connectivity index (χ1v) is 5.42. The Labute approximate surface area is 103 Å². The summed E-state index contributed by atoms with van der Waals surface area (Å²) in [5.74, 6) is 0.316. The van der Waals surface area contributed by atoms with Crippen LogP contribution in [0.4, 0.5) is 15.9 Å². The summed E-state index contributed by atoms with van der Waals surface area (Å²) in [6, 6.07) is 7.86. The van der Waals surface area contributed by atoms with E-state index in [-0.39, 0.29) is 5.82 Å². The molecule has 0 spiro atoms. The van der Waals surface area contributed by atoms with E-state index in [2.05, 4.69) is 10.3 Å². The lowest BCUT2D eigenvalue weighted by Crippen LogP contribution is -2.04. The molecule has 3 N–H and O–H groups in total. The van der Waals surface area contributed by atoms with Crippen LogP contribution in [0.1, 0.15) is 5.56 Å². The monoisotopic (exact) mass is 251 g/mol. The van der Waals surface area contributed by atoms with Crippen molar-refractivity contribution in [2.75, 3.05) is 11.1 Å². The zero-order valence-electron chi connectivity index (χ0n) is 8.95.